The molecule has 3 N–H and O–H groups in total. The largest absolute Gasteiger partial charge is 0.392 e. The maximum absolute atomic E-state index is 12.5. The van der Waals surface area contributed by atoms with Gasteiger partial charge in [0.15, 0.2) is 0 Å². The van der Waals surface area contributed by atoms with Crippen LogP contribution in [0, 0.1) is 5.92 Å². The van der Waals surface area contributed by atoms with E-state index in [1.165, 1.54) is 19.3 Å². The molecule has 0 bridgehead atoms. The lowest BCUT2D eigenvalue weighted by Crippen LogP contribution is -2.48. The molecular weight excluding hydrogens is 406 g/mol. The summed E-state index contributed by atoms with van der Waals surface area (Å²) in [4.78, 5) is 35.1. The van der Waals surface area contributed by atoms with E-state index in [4.69, 9.17) is 11.6 Å². The molecule has 0 saturated heterocycles. The van der Waals surface area contributed by atoms with Crippen molar-refractivity contribution in [3.05, 3.63) is 46.7 Å². The quantitative estimate of drug-likeness (QED) is 0.671. The van der Waals surface area contributed by atoms with Crippen LogP contribution in [0.4, 0.5) is 11.6 Å². The lowest BCUT2D eigenvalue weighted by molar-refractivity contribution is -0.117. The molecule has 4 atom stereocenters. The molecule has 0 spiro atoms. The van der Waals surface area contributed by atoms with Crippen LogP contribution in [-0.4, -0.2) is 45.6 Å². The van der Waals surface area contributed by atoms with E-state index in [9.17, 15) is 14.7 Å². The summed E-state index contributed by atoms with van der Waals surface area (Å²) in [6.07, 6.45) is 2.38. The molecule has 2 heterocycles. The van der Waals surface area contributed by atoms with Crippen LogP contribution in [0.2, 0.25) is 5.02 Å². The van der Waals surface area contributed by atoms with Crippen molar-refractivity contribution in [2.24, 2.45) is 5.92 Å². The number of benzene rings is 1. The van der Waals surface area contributed by atoms with Crippen LogP contribution >= 0.6 is 11.6 Å². The Morgan fingerprint density at radius 3 is 2.53 bits per heavy atom. The number of carbonyl (C=O) groups is 2. The number of aliphatic hydroxyl groups is 1. The van der Waals surface area contributed by atoms with Gasteiger partial charge >= 0.3 is 0 Å². The number of carbonyl (C=O) groups excluding carboxylic acids is 2. The number of fused-ring (bicyclic) bond motifs is 1. The first-order valence-corrected chi connectivity index (χ1v) is 10.2. The van der Waals surface area contributed by atoms with Crippen molar-refractivity contribution in [2.45, 2.75) is 45.9 Å². The third-order valence-electron chi connectivity index (χ3n) is 5.38. The first-order chi connectivity index (χ1) is 14.2. The Morgan fingerprint density at radius 2 is 1.93 bits per heavy atom. The molecule has 1 aliphatic rings. The fourth-order valence-electron chi connectivity index (χ4n) is 3.71. The van der Waals surface area contributed by atoms with Crippen molar-refractivity contribution in [3.63, 3.8) is 0 Å². The van der Waals surface area contributed by atoms with Gasteiger partial charge < -0.3 is 20.6 Å². The Hall–Kier alpha value is -2.71. The highest BCUT2D eigenvalue weighted by Gasteiger charge is 2.38. The summed E-state index contributed by atoms with van der Waals surface area (Å²) in [6, 6.07) is 4.95. The molecule has 9 heteroatoms. The third-order valence-corrected chi connectivity index (χ3v) is 5.58. The van der Waals surface area contributed by atoms with Gasteiger partial charge in [0, 0.05) is 36.7 Å². The normalized spacial score (nSPS) is 21.5. The average molecular weight is 432 g/mol. The minimum atomic E-state index is -0.642. The molecule has 2 aromatic rings. The summed E-state index contributed by atoms with van der Waals surface area (Å²) in [5.74, 6) is 0.0648. The summed E-state index contributed by atoms with van der Waals surface area (Å²) >= 11 is 5.89. The Bertz CT molecular complexity index is 935. The molecule has 3 unspecified atom stereocenters. The van der Waals surface area contributed by atoms with Crippen molar-refractivity contribution in [1.82, 2.24) is 15.3 Å². The van der Waals surface area contributed by atoms with Gasteiger partial charge in [0.1, 0.15) is 0 Å². The number of aromatic nitrogens is 2. The van der Waals surface area contributed by atoms with Gasteiger partial charge in [0.2, 0.25) is 11.9 Å². The molecule has 160 valence electrons. The SMILES string of the molecule is CC(=O)N1c2ccc(C(=O)NC[C@@H](C)O)cc2C(Nc2ncc(Cl)cn2)C(C)C1C. The highest BCUT2D eigenvalue weighted by molar-refractivity contribution is 6.30. The lowest BCUT2D eigenvalue weighted by Gasteiger charge is -2.44. The first kappa shape index (κ1) is 22.0. The topological polar surface area (TPSA) is 107 Å². The molecular formula is C21H26ClN5O3. The summed E-state index contributed by atoms with van der Waals surface area (Å²) in [5.41, 5.74) is 1.99. The zero-order valence-corrected chi connectivity index (χ0v) is 18.1. The highest BCUT2D eigenvalue weighted by atomic mass is 35.5. The number of amides is 2. The molecule has 1 aliphatic heterocycles. The Balaban J connectivity index is 2.02. The number of hydrogen-bond acceptors (Lipinski definition) is 6. The monoisotopic (exact) mass is 431 g/mol. The third kappa shape index (κ3) is 4.55. The Labute approximate surface area is 180 Å². The molecule has 1 aromatic carbocycles. The van der Waals surface area contributed by atoms with Crippen LogP contribution < -0.4 is 15.5 Å². The van der Waals surface area contributed by atoms with Crippen molar-refractivity contribution < 1.29 is 14.7 Å². The van der Waals surface area contributed by atoms with Crippen LogP contribution in [0.5, 0.6) is 0 Å². The molecule has 30 heavy (non-hydrogen) atoms. The molecule has 0 aliphatic carbocycles. The summed E-state index contributed by atoms with van der Waals surface area (Å²) in [5, 5.41) is 15.9. The maximum atomic E-state index is 12.5. The van der Waals surface area contributed by atoms with Gasteiger partial charge in [-0.25, -0.2) is 9.97 Å². The minimum absolute atomic E-state index is 0.0106. The number of halogens is 1. The zero-order valence-electron chi connectivity index (χ0n) is 17.4. The predicted octanol–water partition coefficient (Wildman–Crippen LogP) is 2.78. The second-order valence-corrected chi connectivity index (χ2v) is 8.10. The van der Waals surface area contributed by atoms with Crippen LogP contribution in [0.15, 0.2) is 30.6 Å². The van der Waals surface area contributed by atoms with E-state index in [1.54, 1.807) is 30.0 Å². The van der Waals surface area contributed by atoms with E-state index >= 15 is 0 Å². The summed E-state index contributed by atoms with van der Waals surface area (Å²) < 4.78 is 0. The second kappa shape index (κ2) is 8.97. The number of rotatable bonds is 5. The van der Waals surface area contributed by atoms with Gasteiger partial charge in [-0.05, 0) is 37.6 Å². The minimum Gasteiger partial charge on any atom is -0.392 e. The van der Waals surface area contributed by atoms with Crippen molar-refractivity contribution >= 4 is 35.1 Å². The van der Waals surface area contributed by atoms with Crippen molar-refractivity contribution in [3.8, 4) is 0 Å². The molecule has 0 saturated carbocycles. The number of nitrogens with one attached hydrogen (secondary N) is 2. The van der Waals surface area contributed by atoms with Crippen molar-refractivity contribution in [1.29, 1.82) is 0 Å². The maximum Gasteiger partial charge on any atom is 0.251 e. The first-order valence-electron chi connectivity index (χ1n) is 9.83. The average Bonchev–Trinajstić information content (AvgIpc) is 2.70. The van der Waals surface area contributed by atoms with E-state index in [2.05, 4.69) is 20.6 Å². The van der Waals surface area contributed by atoms with E-state index in [0.29, 0.717) is 16.5 Å². The van der Waals surface area contributed by atoms with Gasteiger partial charge in [0.05, 0.1) is 29.6 Å². The smallest absolute Gasteiger partial charge is 0.251 e. The van der Waals surface area contributed by atoms with Gasteiger partial charge in [-0.15, -0.1) is 0 Å². The number of aliphatic hydroxyl groups excluding tert-OH is 1. The van der Waals surface area contributed by atoms with E-state index in [0.717, 1.165) is 11.3 Å². The van der Waals surface area contributed by atoms with E-state index in [-0.39, 0.29) is 36.4 Å². The standard InChI is InChI=1S/C21H26ClN5O3/c1-11(28)8-23-20(30)15-5-6-18-17(7-15)19(12(2)13(3)27(18)14(4)29)26-21-24-9-16(22)10-25-21/h5-7,9-13,19,28H,8H2,1-4H3,(H,23,30)(H,24,25,26)/t11-,12?,13?,19?/m1/s1. The number of anilines is 2. The molecule has 0 fully saturated rings. The van der Waals surface area contributed by atoms with Gasteiger partial charge in [-0.2, -0.15) is 0 Å². The van der Waals surface area contributed by atoms with Crippen LogP contribution in [0.1, 0.15) is 49.7 Å². The second-order valence-electron chi connectivity index (χ2n) is 7.67. The summed E-state index contributed by atoms with van der Waals surface area (Å²) in [7, 11) is 0. The van der Waals surface area contributed by atoms with Gasteiger partial charge in [-0.1, -0.05) is 18.5 Å². The molecule has 0 radical (unpaired) electrons. The lowest BCUT2D eigenvalue weighted by atomic mass is 9.82. The van der Waals surface area contributed by atoms with Crippen LogP contribution in [0.25, 0.3) is 0 Å². The van der Waals surface area contributed by atoms with E-state index in [1.807, 2.05) is 13.8 Å². The van der Waals surface area contributed by atoms with Gasteiger partial charge in [0.25, 0.3) is 5.91 Å². The summed E-state index contributed by atoms with van der Waals surface area (Å²) in [6.45, 7) is 7.33. The van der Waals surface area contributed by atoms with Crippen molar-refractivity contribution in [2.75, 3.05) is 16.8 Å². The Kier molecular flexibility index (Phi) is 6.58. The molecule has 2 amide bonds. The van der Waals surface area contributed by atoms with Crippen LogP contribution in [0.3, 0.4) is 0 Å². The van der Waals surface area contributed by atoms with E-state index < -0.39 is 6.10 Å². The number of hydrogen-bond donors (Lipinski definition) is 3. The Morgan fingerprint density at radius 1 is 1.27 bits per heavy atom. The number of nitrogens with zero attached hydrogens (tertiary/aromatic N) is 3. The molecule has 8 nitrogen and oxygen atoms in total. The highest BCUT2D eigenvalue weighted by Crippen LogP contribution is 2.42. The van der Waals surface area contributed by atoms with Gasteiger partial charge in [-0.3, -0.25) is 9.59 Å². The fourth-order valence-corrected chi connectivity index (χ4v) is 3.81. The predicted molar refractivity (Wildman–Crippen MR) is 116 cm³/mol. The molecule has 1 aromatic heterocycles. The van der Waals surface area contributed by atoms with Crippen LogP contribution in [-0.2, 0) is 4.79 Å². The zero-order chi connectivity index (χ0) is 22.0. The fraction of sp³-hybridized carbons (Fsp3) is 0.429. The molecule has 3 rings (SSSR count).